The molecule has 0 radical (unpaired) electrons. The average Bonchev–Trinajstić information content (AvgIpc) is 3.09. The number of aromatic nitrogens is 4. The van der Waals surface area contributed by atoms with Crippen LogP contribution in [-0.2, 0) is 25.3 Å². The van der Waals surface area contributed by atoms with Crippen LogP contribution in [0.1, 0.15) is 23.7 Å². The third-order valence-electron chi connectivity index (χ3n) is 5.03. The molecule has 0 saturated heterocycles. The van der Waals surface area contributed by atoms with E-state index in [0.29, 0.717) is 34.9 Å². The van der Waals surface area contributed by atoms with E-state index in [4.69, 9.17) is 16.6 Å². The topological polar surface area (TPSA) is 52.7 Å². The monoisotopic (exact) mass is 438 g/mol. The summed E-state index contributed by atoms with van der Waals surface area (Å²) in [6, 6.07) is 18.0. The van der Waals surface area contributed by atoms with Gasteiger partial charge in [0.05, 0.1) is 5.69 Å². The molecular weight excluding hydrogens is 416 g/mol. The van der Waals surface area contributed by atoms with Crippen LogP contribution in [0.15, 0.2) is 64.5 Å². The van der Waals surface area contributed by atoms with Gasteiger partial charge in [-0.25, -0.2) is 4.98 Å². The van der Waals surface area contributed by atoms with Crippen LogP contribution in [0.4, 0.5) is 0 Å². The van der Waals surface area contributed by atoms with Gasteiger partial charge in [0.25, 0.3) is 5.56 Å². The predicted octanol–water partition coefficient (Wildman–Crippen LogP) is 5.11. The number of hydrogen-bond acceptors (Lipinski definition) is 4. The minimum absolute atomic E-state index is 0.0306. The molecule has 154 valence electrons. The molecule has 0 atom stereocenters. The number of benzene rings is 2. The fourth-order valence-electron chi connectivity index (χ4n) is 3.44. The zero-order valence-corrected chi connectivity index (χ0v) is 18.6. The van der Waals surface area contributed by atoms with E-state index in [1.165, 1.54) is 5.56 Å². The first-order valence-electron chi connectivity index (χ1n) is 9.96. The van der Waals surface area contributed by atoms with Crippen LogP contribution >= 0.6 is 23.4 Å². The molecule has 0 N–H and O–H groups in total. The quantitative estimate of drug-likeness (QED) is 0.297. The highest BCUT2D eigenvalue weighted by Crippen LogP contribution is 2.24. The molecule has 4 aromatic rings. The largest absolute Gasteiger partial charge is 0.285 e. The molecule has 0 unspecified atom stereocenters. The van der Waals surface area contributed by atoms with Gasteiger partial charge in [0, 0.05) is 23.9 Å². The Morgan fingerprint density at radius 2 is 1.77 bits per heavy atom. The summed E-state index contributed by atoms with van der Waals surface area (Å²) in [5.74, 6) is 0.710. The highest BCUT2D eigenvalue weighted by molar-refractivity contribution is 7.98. The minimum atomic E-state index is -0.0306. The molecule has 7 heteroatoms. The van der Waals surface area contributed by atoms with Crippen LogP contribution in [0, 0.1) is 6.92 Å². The van der Waals surface area contributed by atoms with Gasteiger partial charge < -0.3 is 0 Å². The number of hydrogen-bond donors (Lipinski definition) is 0. The lowest BCUT2D eigenvalue weighted by Crippen LogP contribution is -2.26. The van der Waals surface area contributed by atoms with E-state index in [0.717, 1.165) is 22.8 Å². The molecule has 0 saturated carbocycles. The molecular formula is C23H23ClN4OS. The van der Waals surface area contributed by atoms with Crippen LogP contribution < -0.4 is 5.56 Å². The number of aryl methyl sites for hydroxylation is 3. The van der Waals surface area contributed by atoms with Crippen molar-refractivity contribution >= 4 is 34.4 Å². The maximum absolute atomic E-state index is 13.5. The second kappa shape index (κ2) is 9.06. The zero-order chi connectivity index (χ0) is 21.1. The van der Waals surface area contributed by atoms with Crippen LogP contribution in [0.3, 0.4) is 0 Å². The molecule has 0 fully saturated rings. The third kappa shape index (κ3) is 4.30. The van der Waals surface area contributed by atoms with Crippen LogP contribution in [0.2, 0.25) is 5.02 Å². The van der Waals surface area contributed by atoms with Gasteiger partial charge in [-0.1, -0.05) is 65.8 Å². The summed E-state index contributed by atoms with van der Waals surface area (Å²) in [6.07, 6.45) is 0.766. The summed E-state index contributed by atoms with van der Waals surface area (Å²) in [7, 11) is 0. The van der Waals surface area contributed by atoms with E-state index in [-0.39, 0.29) is 5.56 Å². The molecule has 0 aliphatic carbocycles. The van der Waals surface area contributed by atoms with Crippen molar-refractivity contribution < 1.29 is 0 Å². The molecule has 2 aromatic heterocycles. The highest BCUT2D eigenvalue weighted by atomic mass is 35.5. The first-order valence-corrected chi connectivity index (χ1v) is 11.3. The summed E-state index contributed by atoms with van der Waals surface area (Å²) in [5, 5.41) is 5.95. The van der Waals surface area contributed by atoms with Crippen molar-refractivity contribution in [2.24, 2.45) is 0 Å². The first kappa shape index (κ1) is 20.7. The van der Waals surface area contributed by atoms with E-state index in [9.17, 15) is 4.79 Å². The van der Waals surface area contributed by atoms with Crippen LogP contribution in [0.5, 0.6) is 0 Å². The van der Waals surface area contributed by atoms with E-state index in [1.807, 2.05) is 56.3 Å². The average molecular weight is 439 g/mol. The van der Waals surface area contributed by atoms with E-state index >= 15 is 0 Å². The highest BCUT2D eigenvalue weighted by Gasteiger charge is 2.18. The second-order valence-electron chi connectivity index (χ2n) is 7.10. The molecule has 2 heterocycles. The Bertz CT molecular complexity index is 1220. The van der Waals surface area contributed by atoms with E-state index < -0.39 is 0 Å². The summed E-state index contributed by atoms with van der Waals surface area (Å²) < 4.78 is 3.55. The number of rotatable bonds is 7. The van der Waals surface area contributed by atoms with Gasteiger partial charge in [0.2, 0.25) is 0 Å². The van der Waals surface area contributed by atoms with Gasteiger partial charge in [-0.05, 0) is 43.5 Å². The Morgan fingerprint density at radius 3 is 2.47 bits per heavy atom. The molecule has 0 bridgehead atoms. The Kier molecular flexibility index (Phi) is 6.25. The van der Waals surface area contributed by atoms with Crippen molar-refractivity contribution in [3.05, 3.63) is 86.8 Å². The minimum Gasteiger partial charge on any atom is -0.285 e. The Hall–Kier alpha value is -2.57. The van der Waals surface area contributed by atoms with E-state index in [2.05, 4.69) is 17.2 Å². The fraction of sp³-hybridized carbons (Fsp3) is 0.261. The van der Waals surface area contributed by atoms with Gasteiger partial charge in [-0.3, -0.25) is 14.0 Å². The van der Waals surface area contributed by atoms with Crippen molar-refractivity contribution in [2.45, 2.75) is 44.3 Å². The smallest absolute Gasteiger partial charge is 0.280 e. The van der Waals surface area contributed by atoms with Crippen molar-refractivity contribution in [1.29, 1.82) is 0 Å². The standard InChI is InChI=1S/C23H23ClN4OS/c1-3-28-21-20(16(2)26-28)25-23(30-15-18-9-11-19(24)12-10-18)27(22(21)29)14-13-17-7-5-4-6-8-17/h4-12H,3,13-15H2,1-2H3. The Balaban J connectivity index is 1.72. The fourth-order valence-corrected chi connectivity index (χ4v) is 4.54. The molecule has 0 aliphatic rings. The lowest BCUT2D eigenvalue weighted by atomic mass is 10.1. The van der Waals surface area contributed by atoms with Crippen molar-refractivity contribution in [2.75, 3.05) is 0 Å². The normalized spacial score (nSPS) is 11.3. The SMILES string of the molecule is CCn1nc(C)c2nc(SCc3ccc(Cl)cc3)n(CCc3ccccc3)c(=O)c21. The number of fused-ring (bicyclic) bond motifs is 1. The number of nitrogens with zero attached hydrogens (tertiary/aromatic N) is 4. The Labute approximate surface area is 184 Å². The zero-order valence-electron chi connectivity index (χ0n) is 17.0. The van der Waals surface area contributed by atoms with Crippen LogP contribution in [0.25, 0.3) is 11.0 Å². The Morgan fingerprint density at radius 1 is 1.03 bits per heavy atom. The van der Waals surface area contributed by atoms with Gasteiger partial charge >= 0.3 is 0 Å². The molecule has 2 aromatic carbocycles. The molecule has 30 heavy (non-hydrogen) atoms. The van der Waals surface area contributed by atoms with Gasteiger partial charge in [0.1, 0.15) is 5.52 Å². The molecule has 5 nitrogen and oxygen atoms in total. The predicted molar refractivity (Wildman–Crippen MR) is 123 cm³/mol. The maximum atomic E-state index is 13.5. The second-order valence-corrected chi connectivity index (χ2v) is 8.48. The summed E-state index contributed by atoms with van der Waals surface area (Å²) in [6.45, 7) is 5.10. The summed E-state index contributed by atoms with van der Waals surface area (Å²) >= 11 is 7.57. The first-order chi connectivity index (χ1) is 14.6. The van der Waals surface area contributed by atoms with Gasteiger partial charge in [0.15, 0.2) is 10.7 Å². The van der Waals surface area contributed by atoms with Gasteiger partial charge in [-0.2, -0.15) is 5.10 Å². The molecule has 0 amide bonds. The van der Waals surface area contributed by atoms with Gasteiger partial charge in [-0.15, -0.1) is 0 Å². The lowest BCUT2D eigenvalue weighted by Gasteiger charge is -2.13. The maximum Gasteiger partial charge on any atom is 0.280 e. The van der Waals surface area contributed by atoms with Crippen molar-refractivity contribution in [3.63, 3.8) is 0 Å². The number of thioether (sulfide) groups is 1. The molecule has 4 rings (SSSR count). The van der Waals surface area contributed by atoms with Crippen molar-refractivity contribution in [3.8, 4) is 0 Å². The summed E-state index contributed by atoms with van der Waals surface area (Å²) in [5.41, 5.74) is 4.35. The van der Waals surface area contributed by atoms with Crippen molar-refractivity contribution in [1.82, 2.24) is 19.3 Å². The molecule has 0 spiro atoms. The summed E-state index contributed by atoms with van der Waals surface area (Å²) in [4.78, 5) is 18.3. The lowest BCUT2D eigenvalue weighted by molar-refractivity contribution is 0.587. The third-order valence-corrected chi connectivity index (χ3v) is 6.33. The number of halogens is 1. The molecule has 0 aliphatic heterocycles. The van der Waals surface area contributed by atoms with Crippen LogP contribution in [-0.4, -0.2) is 19.3 Å². The van der Waals surface area contributed by atoms with E-state index in [1.54, 1.807) is 21.0 Å².